The Morgan fingerprint density at radius 3 is 2.92 bits per heavy atom. The highest BCUT2D eigenvalue weighted by molar-refractivity contribution is 5.34. The maximum absolute atomic E-state index is 10.9. The van der Waals surface area contributed by atoms with Gasteiger partial charge in [0.25, 0.3) is 0 Å². The van der Waals surface area contributed by atoms with E-state index in [1.807, 2.05) is 6.92 Å². The van der Waals surface area contributed by atoms with Crippen LogP contribution >= 0.6 is 0 Å². The van der Waals surface area contributed by atoms with Crippen LogP contribution in [0, 0.1) is 11.3 Å². The first-order chi connectivity index (χ1) is 6.19. The Kier molecular flexibility index (Phi) is 2.70. The molecule has 0 aliphatic carbocycles. The molecular weight excluding hydrogens is 166 g/mol. The van der Waals surface area contributed by atoms with E-state index in [0.717, 1.165) is 0 Å². The Labute approximate surface area is 76.2 Å². The van der Waals surface area contributed by atoms with Crippen molar-refractivity contribution in [2.45, 2.75) is 19.4 Å². The average Bonchev–Trinajstić information content (AvgIpc) is 2.13. The third kappa shape index (κ3) is 1.88. The van der Waals surface area contributed by atoms with Gasteiger partial charge in [-0.3, -0.25) is 4.79 Å². The molecule has 1 atom stereocenters. The molecule has 0 spiro atoms. The van der Waals surface area contributed by atoms with Gasteiger partial charge >= 0.3 is 0 Å². The Balaban J connectivity index is 3.11. The second-order valence-electron chi connectivity index (χ2n) is 2.76. The maximum Gasteiger partial charge on any atom is 0.204 e. The van der Waals surface area contributed by atoms with Gasteiger partial charge in [-0.05, 0) is 6.42 Å². The fraction of sp³-hybridized carbons (Fsp3) is 0.333. The molecule has 0 saturated heterocycles. The molecule has 0 aliphatic rings. The lowest BCUT2D eigenvalue weighted by molar-refractivity contribution is 0.594. The van der Waals surface area contributed by atoms with Gasteiger partial charge in [0.2, 0.25) is 5.43 Å². The SMILES string of the molecule is CCC(C#N)n1ccc(=O)c(N)c1. The second-order valence-corrected chi connectivity index (χ2v) is 2.76. The van der Waals surface area contributed by atoms with E-state index < -0.39 is 0 Å². The molecule has 0 saturated carbocycles. The summed E-state index contributed by atoms with van der Waals surface area (Å²) in [6, 6.07) is 3.24. The Morgan fingerprint density at radius 1 is 1.77 bits per heavy atom. The first-order valence-electron chi connectivity index (χ1n) is 4.06. The van der Waals surface area contributed by atoms with Crippen molar-refractivity contribution in [3.63, 3.8) is 0 Å². The van der Waals surface area contributed by atoms with Crippen LogP contribution in [-0.2, 0) is 0 Å². The van der Waals surface area contributed by atoms with Crippen LogP contribution in [0.2, 0.25) is 0 Å². The van der Waals surface area contributed by atoms with E-state index in [2.05, 4.69) is 6.07 Å². The highest BCUT2D eigenvalue weighted by atomic mass is 16.1. The minimum absolute atomic E-state index is 0.177. The zero-order chi connectivity index (χ0) is 9.84. The zero-order valence-electron chi connectivity index (χ0n) is 7.40. The van der Waals surface area contributed by atoms with Crippen LogP contribution in [0.3, 0.4) is 0 Å². The first kappa shape index (κ1) is 9.33. The molecule has 1 rings (SSSR count). The van der Waals surface area contributed by atoms with E-state index in [-0.39, 0.29) is 17.2 Å². The highest BCUT2D eigenvalue weighted by Gasteiger charge is 2.05. The molecule has 1 unspecified atom stereocenters. The second kappa shape index (κ2) is 3.76. The van der Waals surface area contributed by atoms with Gasteiger partial charge in [0.15, 0.2) is 0 Å². The van der Waals surface area contributed by atoms with Gasteiger partial charge < -0.3 is 10.3 Å². The molecule has 0 radical (unpaired) electrons. The molecule has 0 aliphatic heterocycles. The van der Waals surface area contributed by atoms with Crippen molar-refractivity contribution in [2.24, 2.45) is 0 Å². The van der Waals surface area contributed by atoms with Crippen LogP contribution in [0.5, 0.6) is 0 Å². The molecule has 0 bridgehead atoms. The summed E-state index contributed by atoms with van der Waals surface area (Å²) in [4.78, 5) is 10.9. The van der Waals surface area contributed by atoms with Crippen LogP contribution in [0.1, 0.15) is 19.4 Å². The van der Waals surface area contributed by atoms with Gasteiger partial charge in [0.05, 0.1) is 11.8 Å². The van der Waals surface area contributed by atoms with Crippen LogP contribution in [0.25, 0.3) is 0 Å². The van der Waals surface area contributed by atoms with E-state index in [1.54, 1.807) is 10.8 Å². The van der Waals surface area contributed by atoms with Crippen molar-refractivity contribution in [3.8, 4) is 6.07 Å². The Morgan fingerprint density at radius 2 is 2.46 bits per heavy atom. The molecule has 4 heteroatoms. The predicted octanol–water partition coefficient (Wildman–Crippen LogP) is 0.905. The molecular formula is C9H11N3O. The maximum atomic E-state index is 10.9. The van der Waals surface area contributed by atoms with E-state index in [4.69, 9.17) is 11.0 Å². The van der Waals surface area contributed by atoms with Crippen LogP contribution in [-0.4, -0.2) is 4.57 Å². The van der Waals surface area contributed by atoms with Crippen molar-refractivity contribution in [1.82, 2.24) is 4.57 Å². The third-order valence-electron chi connectivity index (χ3n) is 1.87. The van der Waals surface area contributed by atoms with Gasteiger partial charge in [-0.15, -0.1) is 0 Å². The lowest BCUT2D eigenvalue weighted by Gasteiger charge is -2.10. The van der Waals surface area contributed by atoms with Gasteiger partial charge in [-0.1, -0.05) is 6.92 Å². The molecule has 1 heterocycles. The van der Waals surface area contributed by atoms with Crippen LogP contribution < -0.4 is 11.2 Å². The van der Waals surface area contributed by atoms with Gasteiger partial charge in [0.1, 0.15) is 6.04 Å². The molecule has 1 aromatic rings. The monoisotopic (exact) mass is 177 g/mol. The van der Waals surface area contributed by atoms with Crippen molar-refractivity contribution >= 4 is 5.69 Å². The molecule has 2 N–H and O–H groups in total. The van der Waals surface area contributed by atoms with Gasteiger partial charge in [0, 0.05) is 18.5 Å². The smallest absolute Gasteiger partial charge is 0.204 e. The normalized spacial score (nSPS) is 12.0. The summed E-state index contributed by atoms with van der Waals surface area (Å²) in [5.41, 5.74) is 5.40. The molecule has 0 fully saturated rings. The molecule has 4 nitrogen and oxygen atoms in total. The van der Waals surface area contributed by atoms with E-state index >= 15 is 0 Å². The molecule has 68 valence electrons. The summed E-state index contributed by atoms with van der Waals surface area (Å²) in [6.45, 7) is 1.90. The summed E-state index contributed by atoms with van der Waals surface area (Å²) in [5, 5.41) is 8.75. The van der Waals surface area contributed by atoms with E-state index in [1.165, 1.54) is 12.3 Å². The number of hydrogen-bond acceptors (Lipinski definition) is 3. The van der Waals surface area contributed by atoms with Crippen LogP contribution in [0.4, 0.5) is 5.69 Å². The number of pyridine rings is 1. The van der Waals surface area contributed by atoms with Gasteiger partial charge in [-0.25, -0.2) is 0 Å². The molecule has 13 heavy (non-hydrogen) atoms. The summed E-state index contributed by atoms with van der Waals surface area (Å²) < 4.78 is 1.65. The number of nitriles is 1. The number of nitrogens with two attached hydrogens (primary N) is 1. The van der Waals surface area contributed by atoms with Gasteiger partial charge in [-0.2, -0.15) is 5.26 Å². The quantitative estimate of drug-likeness (QED) is 0.729. The fourth-order valence-corrected chi connectivity index (χ4v) is 1.08. The van der Waals surface area contributed by atoms with E-state index in [9.17, 15) is 4.79 Å². The van der Waals surface area contributed by atoms with Crippen molar-refractivity contribution in [1.29, 1.82) is 5.26 Å². The van der Waals surface area contributed by atoms with Crippen LogP contribution in [0.15, 0.2) is 23.3 Å². The topological polar surface area (TPSA) is 71.8 Å². The molecule has 0 aromatic carbocycles. The number of anilines is 1. The third-order valence-corrected chi connectivity index (χ3v) is 1.87. The lowest BCUT2D eigenvalue weighted by atomic mass is 10.2. The largest absolute Gasteiger partial charge is 0.394 e. The minimum Gasteiger partial charge on any atom is -0.394 e. The molecule has 0 amide bonds. The van der Waals surface area contributed by atoms with Crippen molar-refractivity contribution in [2.75, 3.05) is 5.73 Å². The molecule has 1 aromatic heterocycles. The minimum atomic E-state index is -0.247. The Bertz CT molecular complexity index is 389. The number of rotatable bonds is 2. The fourth-order valence-electron chi connectivity index (χ4n) is 1.08. The average molecular weight is 177 g/mol. The Hall–Kier alpha value is -1.76. The highest BCUT2D eigenvalue weighted by Crippen LogP contribution is 2.09. The summed E-state index contributed by atoms with van der Waals surface area (Å²) in [7, 11) is 0. The lowest BCUT2D eigenvalue weighted by Crippen LogP contribution is -2.13. The zero-order valence-corrected chi connectivity index (χ0v) is 7.40. The summed E-state index contributed by atoms with van der Waals surface area (Å²) in [5.74, 6) is 0. The predicted molar refractivity (Wildman–Crippen MR) is 50.1 cm³/mol. The summed E-state index contributed by atoms with van der Waals surface area (Å²) in [6.07, 6.45) is 3.77. The standard InChI is InChI=1S/C9H11N3O/c1-2-7(5-10)12-4-3-9(13)8(11)6-12/h3-4,6-7H,2,11H2,1H3. The number of nitrogen functional groups attached to an aromatic ring is 1. The number of hydrogen-bond donors (Lipinski definition) is 1. The first-order valence-corrected chi connectivity index (χ1v) is 4.06. The van der Waals surface area contributed by atoms with E-state index in [0.29, 0.717) is 6.42 Å². The number of nitrogens with zero attached hydrogens (tertiary/aromatic N) is 2. The summed E-state index contributed by atoms with van der Waals surface area (Å²) >= 11 is 0. The van der Waals surface area contributed by atoms with Crippen molar-refractivity contribution in [3.05, 3.63) is 28.7 Å². The number of aromatic nitrogens is 1. The van der Waals surface area contributed by atoms with Crippen molar-refractivity contribution < 1.29 is 0 Å².